The van der Waals surface area contributed by atoms with E-state index in [2.05, 4.69) is 289 Å². The van der Waals surface area contributed by atoms with Crippen LogP contribution in [0.2, 0.25) is 0 Å². The molecule has 16 rings (SSSR count). The van der Waals surface area contributed by atoms with Gasteiger partial charge in [0.1, 0.15) is 27.9 Å². The first-order chi connectivity index (χ1) is 41.1. The maximum Gasteiger partial charge on any atom is 0.201 e. The van der Waals surface area contributed by atoms with Crippen LogP contribution in [0, 0.1) is 0 Å². The molecule has 0 fully saturated rings. The van der Waals surface area contributed by atoms with E-state index in [-0.39, 0.29) is 10.8 Å². The lowest BCUT2D eigenvalue weighted by molar-refractivity contribution is 0.590. The lowest BCUT2D eigenvalue weighted by Gasteiger charge is -2.37. The molecule has 0 bridgehead atoms. The number of nitrogens with zero attached hydrogens (tertiary/aromatic N) is 2. The molecule has 2 aliphatic carbocycles. The molecule has 1 aliphatic heterocycles. The Morgan fingerprint density at radius 1 is 0.435 bits per heavy atom. The summed E-state index contributed by atoms with van der Waals surface area (Å²) in [5.41, 5.74) is 21.9. The third-order valence-corrected chi connectivity index (χ3v) is 18.5. The molecule has 13 aromatic rings. The second-order valence-electron chi connectivity index (χ2n) is 26.1. The maximum absolute atomic E-state index is 7.59. The Labute approximate surface area is 495 Å². The van der Waals surface area contributed by atoms with E-state index in [0.29, 0.717) is 6.54 Å². The van der Waals surface area contributed by atoms with Gasteiger partial charge in [-0.1, -0.05) is 201 Å². The smallest absolute Gasteiger partial charge is 0.201 e. The van der Waals surface area contributed by atoms with E-state index in [1.54, 1.807) is 0 Å². The van der Waals surface area contributed by atoms with Crippen molar-refractivity contribution in [3.05, 3.63) is 268 Å². The van der Waals surface area contributed by atoms with E-state index in [1.807, 2.05) is 12.1 Å². The third kappa shape index (κ3) is 7.63. The largest absolute Gasteiger partial charge is 0.456 e. The Morgan fingerprint density at radius 3 is 1.45 bits per heavy atom. The van der Waals surface area contributed by atoms with Gasteiger partial charge in [-0.2, -0.15) is 0 Å². The van der Waals surface area contributed by atoms with Gasteiger partial charge in [0.05, 0.1) is 22.2 Å². The summed E-state index contributed by atoms with van der Waals surface area (Å²) in [6.07, 6.45) is 9.27. The van der Waals surface area contributed by atoms with Crippen molar-refractivity contribution in [2.75, 3.05) is 21.7 Å². The summed E-state index contributed by atoms with van der Waals surface area (Å²) >= 11 is 0. The predicted molar refractivity (Wildman–Crippen MR) is 354 cm³/mol. The number of hydrogen-bond acceptors (Lipinski definition) is 6. The molecule has 0 saturated carbocycles. The molecule has 0 atom stereocenters. The summed E-state index contributed by atoms with van der Waals surface area (Å²) in [4.78, 5) is 4.92. The van der Waals surface area contributed by atoms with Crippen molar-refractivity contribution in [2.45, 2.75) is 77.0 Å². The molecule has 6 nitrogen and oxygen atoms in total. The average molecular weight is 1100 g/mol. The van der Waals surface area contributed by atoms with Crippen LogP contribution in [0.25, 0.3) is 78.1 Å². The van der Waals surface area contributed by atoms with E-state index in [1.165, 1.54) is 33.4 Å². The second kappa shape index (κ2) is 18.4. The molecule has 3 aliphatic rings. The Hall–Kier alpha value is -9.78. The molecule has 3 aromatic heterocycles. The van der Waals surface area contributed by atoms with Gasteiger partial charge in [-0.25, -0.2) is 0 Å². The predicted octanol–water partition coefficient (Wildman–Crippen LogP) is 21.9. The summed E-state index contributed by atoms with van der Waals surface area (Å²) < 4.78 is 21.1. The van der Waals surface area contributed by atoms with Gasteiger partial charge >= 0.3 is 0 Å². The Morgan fingerprint density at radius 2 is 0.906 bits per heavy atom. The molecule has 0 spiro atoms. The van der Waals surface area contributed by atoms with E-state index in [0.717, 1.165) is 123 Å². The molecule has 85 heavy (non-hydrogen) atoms. The van der Waals surface area contributed by atoms with Crippen LogP contribution in [0.5, 0.6) is 0 Å². The number of benzene rings is 10. The fourth-order valence-electron chi connectivity index (χ4n) is 14.3. The number of hydrogen-bond donors (Lipinski definition) is 1. The van der Waals surface area contributed by atoms with E-state index < -0.39 is 10.8 Å². The molecule has 414 valence electrons. The molecule has 0 amide bonds. The normalized spacial score (nSPS) is 14.7. The topological polar surface area (TPSA) is 57.9 Å². The van der Waals surface area contributed by atoms with Crippen molar-refractivity contribution >= 4 is 107 Å². The molecule has 10 aromatic carbocycles. The van der Waals surface area contributed by atoms with Crippen LogP contribution in [0.4, 0.5) is 40.0 Å². The minimum absolute atomic E-state index is 0.0406. The molecular weight excluding hydrogens is 1040 g/mol. The van der Waals surface area contributed by atoms with Gasteiger partial charge in [0, 0.05) is 85.1 Å². The highest BCUT2D eigenvalue weighted by atomic mass is 16.4. The Kier molecular flexibility index (Phi) is 11.0. The highest BCUT2D eigenvalue weighted by Crippen LogP contribution is 2.65. The van der Waals surface area contributed by atoms with Gasteiger partial charge in [0.2, 0.25) is 5.88 Å². The van der Waals surface area contributed by atoms with Crippen molar-refractivity contribution in [3.8, 4) is 11.1 Å². The van der Waals surface area contributed by atoms with Crippen molar-refractivity contribution in [1.82, 2.24) is 0 Å². The number of anilines is 7. The van der Waals surface area contributed by atoms with Crippen LogP contribution in [-0.4, -0.2) is 6.54 Å². The molecule has 6 heteroatoms. The zero-order valence-corrected chi connectivity index (χ0v) is 49.3. The van der Waals surface area contributed by atoms with Crippen LogP contribution in [0.15, 0.2) is 232 Å². The molecule has 0 saturated heterocycles. The highest BCUT2D eigenvalue weighted by Gasteiger charge is 2.52. The van der Waals surface area contributed by atoms with Crippen LogP contribution >= 0.6 is 0 Å². The summed E-state index contributed by atoms with van der Waals surface area (Å²) in [6.45, 7) is 19.1. The lowest BCUT2D eigenvalue weighted by atomic mass is 9.67. The fourth-order valence-corrected chi connectivity index (χ4v) is 14.3. The first kappa shape index (κ1) is 50.9. The zero-order chi connectivity index (χ0) is 57.7. The third-order valence-electron chi connectivity index (χ3n) is 18.5. The number of furan rings is 3. The van der Waals surface area contributed by atoms with E-state index in [4.69, 9.17) is 13.3 Å². The Balaban J connectivity index is 1.05. The fraction of sp³-hybridized carbons (Fsp3) is 0.165. The van der Waals surface area contributed by atoms with Crippen LogP contribution < -0.4 is 15.1 Å². The summed E-state index contributed by atoms with van der Waals surface area (Å²) in [6, 6.07) is 76.0. The number of para-hydroxylation sites is 2. The van der Waals surface area contributed by atoms with Gasteiger partial charge in [0.25, 0.3) is 0 Å². The number of fused-ring (bicyclic) bond motifs is 15. The summed E-state index contributed by atoms with van der Waals surface area (Å²) in [5.74, 6) is 0.762. The summed E-state index contributed by atoms with van der Waals surface area (Å²) in [5, 5.41) is 9.11. The summed E-state index contributed by atoms with van der Waals surface area (Å²) in [7, 11) is 0. The second-order valence-corrected chi connectivity index (χ2v) is 26.1. The van der Waals surface area contributed by atoms with Gasteiger partial charge < -0.3 is 28.4 Å². The Bertz CT molecular complexity index is 4880. The monoisotopic (exact) mass is 1100 g/mol. The van der Waals surface area contributed by atoms with Crippen molar-refractivity contribution in [2.24, 2.45) is 0 Å². The minimum atomic E-state index is -0.885. The average Bonchev–Trinajstić information content (AvgIpc) is 1.52. The molecule has 0 radical (unpaired) electrons. The van der Waals surface area contributed by atoms with Crippen molar-refractivity contribution in [3.63, 3.8) is 0 Å². The SMILES string of the molecule is CC(C)(C)c1ccc(N(c2ccc3c(c2)oc2ccccc23)c2cc3c(c4c2C=CC4(C)C)-c2c(cc(N(c4ccc(C(C)(C)C)cc4)c4ccc5c(c4)oc4ccccc45)c4c5c(oc24)NCC=C5)C3(c2ccccc2)c2ccccc2)cc1. The minimum Gasteiger partial charge on any atom is -0.456 e. The molecular formula is C79H65N3O3. The lowest BCUT2D eigenvalue weighted by Crippen LogP contribution is -2.29. The highest BCUT2D eigenvalue weighted by molar-refractivity contribution is 6.16. The standard InChI is InChI=1S/C79H65N3O3/c1-76(2,3)48-29-33-52(34-30-48)81(54-37-39-58-56-24-15-17-27-66(56)83-68(58)44-54)64-46-62-71(73-60(64)41-42-78(73,7)8)72-63(79(62,50-20-11-9-12-21-50)51-22-13-10-14-23-51)47-65(70-61-26-19-43-80-75(61)85-74(70)72)82(53-35-31-49(32-36-53)77(4,5)6)55-38-40-59-57-25-16-18-28-67(57)84-69(59)45-55/h9-42,44-47,80H,43H2,1-8H3. The number of allylic oxidation sites excluding steroid dienone is 1. The van der Waals surface area contributed by atoms with Crippen LogP contribution in [0.1, 0.15) is 105 Å². The number of rotatable bonds is 8. The van der Waals surface area contributed by atoms with Gasteiger partial charge in [-0.3, -0.25) is 0 Å². The maximum atomic E-state index is 7.59. The van der Waals surface area contributed by atoms with Gasteiger partial charge in [0.15, 0.2) is 0 Å². The molecule has 0 unspecified atom stereocenters. The zero-order valence-electron chi connectivity index (χ0n) is 49.3. The van der Waals surface area contributed by atoms with E-state index in [9.17, 15) is 0 Å². The van der Waals surface area contributed by atoms with Gasteiger partial charge in [-0.05, 0) is 128 Å². The van der Waals surface area contributed by atoms with Crippen molar-refractivity contribution < 1.29 is 13.3 Å². The first-order valence-electron chi connectivity index (χ1n) is 29.9. The first-order valence-corrected chi connectivity index (χ1v) is 29.9. The number of nitrogens with one attached hydrogen (secondary N) is 1. The molecule has 1 N–H and O–H groups in total. The molecule has 4 heterocycles. The van der Waals surface area contributed by atoms with E-state index >= 15 is 0 Å². The van der Waals surface area contributed by atoms with Crippen LogP contribution in [0.3, 0.4) is 0 Å². The van der Waals surface area contributed by atoms with Crippen molar-refractivity contribution in [1.29, 1.82) is 0 Å². The van der Waals surface area contributed by atoms with Gasteiger partial charge in [-0.15, -0.1) is 0 Å². The quantitative estimate of drug-likeness (QED) is 0.164. The van der Waals surface area contributed by atoms with Crippen LogP contribution in [-0.2, 0) is 21.7 Å².